The van der Waals surface area contributed by atoms with Crippen LogP contribution < -0.4 is 21.7 Å². The fourth-order valence-electron chi connectivity index (χ4n) is 2.19. The number of hydrogen-bond donors (Lipinski definition) is 4. The third-order valence-corrected chi connectivity index (χ3v) is 4.15. The van der Waals surface area contributed by atoms with E-state index < -0.39 is 10.0 Å². The van der Waals surface area contributed by atoms with E-state index in [2.05, 4.69) is 15.7 Å². The molecule has 6 N–H and O–H groups in total. The first-order valence-corrected chi connectivity index (χ1v) is 7.98. The van der Waals surface area contributed by atoms with Crippen LogP contribution in [-0.2, 0) is 10.0 Å². The van der Waals surface area contributed by atoms with Gasteiger partial charge in [0.15, 0.2) is 0 Å². The van der Waals surface area contributed by atoms with Crippen molar-refractivity contribution < 1.29 is 8.42 Å². The van der Waals surface area contributed by atoms with Crippen molar-refractivity contribution in [2.45, 2.75) is 36.6 Å². The van der Waals surface area contributed by atoms with Crippen LogP contribution in [0.1, 0.15) is 25.7 Å². The number of nitrogens with zero attached hydrogens (tertiary/aromatic N) is 1. The number of aliphatic imine (C=N–C) groups is 1. The van der Waals surface area contributed by atoms with Gasteiger partial charge in [0.1, 0.15) is 0 Å². The number of guanidine groups is 1. The molecule has 0 heterocycles. The zero-order chi connectivity index (χ0) is 14.6. The average molecular weight is 297 g/mol. The number of hydrazine groups is 1. The zero-order valence-electron chi connectivity index (χ0n) is 11.0. The third-order valence-electron chi connectivity index (χ3n) is 3.22. The molecule has 0 amide bonds. The summed E-state index contributed by atoms with van der Waals surface area (Å²) in [6.45, 7) is 0. The van der Waals surface area contributed by atoms with Crippen LogP contribution in [0, 0.1) is 0 Å². The number of hydrogen-bond acceptors (Lipinski definition) is 4. The Morgan fingerprint density at radius 2 is 1.80 bits per heavy atom. The van der Waals surface area contributed by atoms with E-state index >= 15 is 0 Å². The second-order valence-electron chi connectivity index (χ2n) is 4.75. The van der Waals surface area contributed by atoms with Crippen molar-refractivity contribution in [3.05, 3.63) is 24.3 Å². The van der Waals surface area contributed by atoms with Crippen molar-refractivity contribution in [2.24, 2.45) is 16.0 Å². The minimum Gasteiger partial charge on any atom is -0.325 e. The summed E-state index contributed by atoms with van der Waals surface area (Å²) >= 11 is 0. The molecule has 0 unspecified atom stereocenters. The molecule has 8 heteroatoms. The first-order valence-electron chi connectivity index (χ1n) is 6.43. The van der Waals surface area contributed by atoms with Crippen LogP contribution in [0.25, 0.3) is 0 Å². The summed E-state index contributed by atoms with van der Waals surface area (Å²) in [5, 5.41) is 8.05. The molecule has 1 aliphatic rings. The Hall–Kier alpha value is -1.64. The molecule has 2 rings (SSSR count). The standard InChI is InChI=1S/C12H19N5O2S/c13-17-12(15-9-3-1-2-4-9)16-10-5-7-11(8-6-10)20(14,18)19/h5-9H,1-4,13H2,(H2,14,18,19)(H2,15,16,17). The van der Waals surface area contributed by atoms with Crippen molar-refractivity contribution in [3.63, 3.8) is 0 Å². The highest BCUT2D eigenvalue weighted by Crippen LogP contribution is 2.21. The molecule has 1 saturated carbocycles. The van der Waals surface area contributed by atoms with Crippen LogP contribution >= 0.6 is 0 Å². The fraction of sp³-hybridized carbons (Fsp3) is 0.417. The summed E-state index contributed by atoms with van der Waals surface area (Å²) in [7, 11) is -3.67. The molecule has 0 bridgehead atoms. The van der Waals surface area contributed by atoms with Gasteiger partial charge in [-0.3, -0.25) is 5.43 Å². The number of anilines is 1. The quantitative estimate of drug-likeness (QED) is 0.280. The summed E-state index contributed by atoms with van der Waals surface area (Å²) in [6, 6.07) is 6.38. The molecule has 0 aromatic heterocycles. The van der Waals surface area contributed by atoms with E-state index in [0.29, 0.717) is 11.6 Å². The Morgan fingerprint density at radius 1 is 1.20 bits per heavy atom. The van der Waals surface area contributed by atoms with Crippen molar-refractivity contribution >= 4 is 21.7 Å². The van der Waals surface area contributed by atoms with E-state index in [0.717, 1.165) is 12.8 Å². The maximum atomic E-state index is 11.2. The molecule has 0 aliphatic heterocycles. The normalized spacial score (nSPS) is 17.2. The number of benzene rings is 1. The minimum absolute atomic E-state index is 0.0676. The van der Waals surface area contributed by atoms with Gasteiger partial charge < -0.3 is 5.32 Å². The zero-order valence-corrected chi connectivity index (χ0v) is 11.9. The van der Waals surface area contributed by atoms with E-state index in [-0.39, 0.29) is 10.9 Å². The highest BCUT2D eigenvalue weighted by Gasteiger charge is 2.14. The lowest BCUT2D eigenvalue weighted by molar-refractivity contribution is 0.598. The molecule has 0 radical (unpaired) electrons. The van der Waals surface area contributed by atoms with Crippen molar-refractivity contribution in [1.82, 2.24) is 5.43 Å². The molecular formula is C12H19N5O2S. The van der Waals surface area contributed by atoms with E-state index in [1.165, 1.54) is 25.0 Å². The maximum Gasteiger partial charge on any atom is 0.238 e. The highest BCUT2D eigenvalue weighted by molar-refractivity contribution is 7.89. The van der Waals surface area contributed by atoms with Gasteiger partial charge in [0.2, 0.25) is 16.0 Å². The Bertz CT molecular complexity index is 576. The van der Waals surface area contributed by atoms with Gasteiger partial charge in [-0.15, -0.1) is 0 Å². The van der Waals surface area contributed by atoms with Gasteiger partial charge >= 0.3 is 0 Å². The lowest BCUT2D eigenvalue weighted by Crippen LogP contribution is -2.37. The van der Waals surface area contributed by atoms with Gasteiger partial charge in [0.25, 0.3) is 0 Å². The fourth-order valence-corrected chi connectivity index (χ4v) is 2.70. The summed E-state index contributed by atoms with van der Waals surface area (Å²) in [4.78, 5) is 4.55. The molecule has 7 nitrogen and oxygen atoms in total. The molecule has 1 fully saturated rings. The van der Waals surface area contributed by atoms with E-state index in [4.69, 9.17) is 11.0 Å². The van der Waals surface area contributed by atoms with Gasteiger partial charge in [-0.2, -0.15) is 0 Å². The predicted molar refractivity (Wildman–Crippen MR) is 78.5 cm³/mol. The third kappa shape index (κ3) is 3.92. The van der Waals surface area contributed by atoms with Gasteiger partial charge in [0, 0.05) is 5.69 Å². The molecular weight excluding hydrogens is 278 g/mol. The first-order chi connectivity index (χ1) is 9.49. The lowest BCUT2D eigenvalue weighted by atomic mass is 10.3. The number of primary sulfonamides is 1. The summed E-state index contributed by atoms with van der Waals surface area (Å²) in [5.41, 5.74) is 3.21. The largest absolute Gasteiger partial charge is 0.325 e. The smallest absolute Gasteiger partial charge is 0.238 e. The summed E-state index contributed by atoms with van der Waals surface area (Å²) in [5.74, 6) is 5.91. The van der Waals surface area contributed by atoms with Crippen molar-refractivity contribution in [1.29, 1.82) is 0 Å². The molecule has 1 aromatic rings. The molecule has 1 aromatic carbocycles. The van der Waals surface area contributed by atoms with Gasteiger partial charge in [0.05, 0.1) is 10.9 Å². The number of sulfonamides is 1. The number of rotatable bonds is 3. The Labute approximate surface area is 118 Å². The first kappa shape index (κ1) is 14.8. The molecule has 0 saturated heterocycles. The summed E-state index contributed by atoms with van der Waals surface area (Å²) < 4.78 is 22.3. The highest BCUT2D eigenvalue weighted by atomic mass is 32.2. The van der Waals surface area contributed by atoms with E-state index in [9.17, 15) is 8.42 Å². The SMILES string of the molecule is NNC(=NC1CCCC1)Nc1ccc(S(N)(=O)=O)cc1. The molecule has 0 atom stereocenters. The van der Waals surface area contributed by atoms with Crippen LogP contribution in [0.15, 0.2) is 34.2 Å². The summed E-state index contributed by atoms with van der Waals surface area (Å²) in [6.07, 6.45) is 4.51. The molecule has 20 heavy (non-hydrogen) atoms. The average Bonchev–Trinajstić information content (AvgIpc) is 2.90. The predicted octanol–water partition coefficient (Wildman–Crippen LogP) is 0.508. The lowest BCUT2D eigenvalue weighted by Gasteiger charge is -2.12. The Balaban J connectivity index is 2.07. The van der Waals surface area contributed by atoms with Crippen molar-refractivity contribution in [3.8, 4) is 0 Å². The number of nitrogens with one attached hydrogen (secondary N) is 2. The van der Waals surface area contributed by atoms with Crippen LogP contribution in [-0.4, -0.2) is 20.4 Å². The van der Waals surface area contributed by atoms with Gasteiger partial charge in [-0.05, 0) is 37.1 Å². The second-order valence-corrected chi connectivity index (χ2v) is 6.32. The van der Waals surface area contributed by atoms with Crippen LogP contribution in [0.5, 0.6) is 0 Å². The van der Waals surface area contributed by atoms with Crippen molar-refractivity contribution in [2.75, 3.05) is 5.32 Å². The molecule has 110 valence electrons. The molecule has 0 spiro atoms. The Kier molecular flexibility index (Phi) is 4.58. The second kappa shape index (κ2) is 6.21. The van der Waals surface area contributed by atoms with Crippen LogP contribution in [0.2, 0.25) is 0 Å². The Morgan fingerprint density at radius 3 is 2.30 bits per heavy atom. The monoisotopic (exact) mass is 297 g/mol. The minimum atomic E-state index is -3.67. The van der Waals surface area contributed by atoms with Gasteiger partial charge in [-0.1, -0.05) is 12.8 Å². The van der Waals surface area contributed by atoms with Gasteiger partial charge in [-0.25, -0.2) is 24.4 Å². The van der Waals surface area contributed by atoms with E-state index in [1.807, 2.05) is 0 Å². The number of nitrogens with two attached hydrogens (primary N) is 2. The van der Waals surface area contributed by atoms with E-state index in [1.54, 1.807) is 12.1 Å². The van der Waals surface area contributed by atoms with Crippen LogP contribution in [0.3, 0.4) is 0 Å². The topological polar surface area (TPSA) is 123 Å². The van der Waals surface area contributed by atoms with Crippen LogP contribution in [0.4, 0.5) is 5.69 Å². The molecule has 1 aliphatic carbocycles. The maximum absolute atomic E-state index is 11.2.